The van der Waals surface area contributed by atoms with Crippen LogP contribution in [0.1, 0.15) is 23.7 Å². The summed E-state index contributed by atoms with van der Waals surface area (Å²) in [7, 11) is 3.06. The molecule has 0 aliphatic rings. The minimum absolute atomic E-state index is 0.115. The van der Waals surface area contributed by atoms with E-state index in [1.54, 1.807) is 49.7 Å². The summed E-state index contributed by atoms with van der Waals surface area (Å²) in [6, 6.07) is 17.8. The monoisotopic (exact) mass is 451 g/mol. The van der Waals surface area contributed by atoms with Crippen LogP contribution < -0.4 is 20.1 Å². The lowest BCUT2D eigenvalue weighted by Crippen LogP contribution is -2.25. The molecule has 8 heteroatoms. The lowest BCUT2D eigenvalue weighted by atomic mass is 10.2. The topological polar surface area (TPSA) is 89.5 Å². The molecule has 3 rings (SSSR count). The van der Waals surface area contributed by atoms with E-state index in [1.807, 2.05) is 31.2 Å². The van der Waals surface area contributed by atoms with Gasteiger partial charge in [-0.05, 0) is 55.0 Å². The molecule has 1 atom stereocenters. The number of hydrogen-bond donors (Lipinski definition) is 2. The van der Waals surface area contributed by atoms with Crippen molar-refractivity contribution in [2.75, 3.05) is 24.9 Å². The third-order valence-electron chi connectivity index (χ3n) is 4.60. The summed E-state index contributed by atoms with van der Waals surface area (Å²) in [5.74, 6) is 1.17. The van der Waals surface area contributed by atoms with Gasteiger partial charge in [0.25, 0.3) is 5.91 Å². The van der Waals surface area contributed by atoms with E-state index in [0.717, 1.165) is 4.90 Å². The SMILES string of the molecule is CCC(Sc1cccc(NC(=O)c2ccc(OC)c(OC)c2)c1)C(=O)Nc1ccccn1. The first-order chi connectivity index (χ1) is 15.5. The molecule has 0 spiro atoms. The number of benzene rings is 2. The van der Waals surface area contributed by atoms with Crippen LogP contribution in [0.5, 0.6) is 11.5 Å². The van der Waals surface area contributed by atoms with Crippen LogP contribution in [0.3, 0.4) is 0 Å². The maximum atomic E-state index is 12.7. The number of anilines is 2. The Bertz CT molecular complexity index is 1080. The van der Waals surface area contributed by atoms with E-state index in [-0.39, 0.29) is 17.1 Å². The number of amides is 2. The van der Waals surface area contributed by atoms with E-state index >= 15 is 0 Å². The number of nitrogens with zero attached hydrogens (tertiary/aromatic N) is 1. The largest absolute Gasteiger partial charge is 0.493 e. The minimum Gasteiger partial charge on any atom is -0.493 e. The predicted octanol–water partition coefficient (Wildman–Crippen LogP) is 4.86. The van der Waals surface area contributed by atoms with Crippen molar-refractivity contribution in [1.29, 1.82) is 0 Å². The molecular formula is C24H25N3O4S. The molecule has 1 unspecified atom stereocenters. The van der Waals surface area contributed by atoms with Crippen molar-refractivity contribution in [2.45, 2.75) is 23.5 Å². The zero-order chi connectivity index (χ0) is 22.9. The molecule has 0 saturated carbocycles. The van der Waals surface area contributed by atoms with E-state index in [1.165, 1.54) is 18.9 Å². The van der Waals surface area contributed by atoms with Crippen LogP contribution in [-0.2, 0) is 4.79 Å². The molecular weight excluding hydrogens is 426 g/mol. The first-order valence-electron chi connectivity index (χ1n) is 10.1. The van der Waals surface area contributed by atoms with E-state index in [0.29, 0.717) is 35.0 Å². The second-order valence-corrected chi connectivity index (χ2v) is 8.05. The fourth-order valence-electron chi connectivity index (χ4n) is 2.96. The van der Waals surface area contributed by atoms with Crippen molar-refractivity contribution < 1.29 is 19.1 Å². The molecule has 7 nitrogen and oxygen atoms in total. The molecule has 166 valence electrons. The van der Waals surface area contributed by atoms with Crippen molar-refractivity contribution in [1.82, 2.24) is 4.98 Å². The Morgan fingerprint density at radius 2 is 1.78 bits per heavy atom. The van der Waals surface area contributed by atoms with Crippen molar-refractivity contribution in [3.8, 4) is 11.5 Å². The van der Waals surface area contributed by atoms with Crippen LogP contribution in [0.25, 0.3) is 0 Å². The van der Waals surface area contributed by atoms with E-state index in [9.17, 15) is 9.59 Å². The summed E-state index contributed by atoms with van der Waals surface area (Å²) in [5, 5.41) is 5.43. The maximum absolute atomic E-state index is 12.7. The number of carbonyl (C=O) groups is 2. The summed E-state index contributed by atoms with van der Waals surface area (Å²) < 4.78 is 10.5. The third-order valence-corrected chi connectivity index (χ3v) is 5.95. The van der Waals surface area contributed by atoms with Gasteiger partial charge in [-0.3, -0.25) is 9.59 Å². The Balaban J connectivity index is 1.68. The lowest BCUT2D eigenvalue weighted by molar-refractivity contribution is -0.115. The molecule has 32 heavy (non-hydrogen) atoms. The quantitative estimate of drug-likeness (QED) is 0.452. The van der Waals surface area contributed by atoms with Crippen LogP contribution in [0.15, 0.2) is 71.8 Å². The number of nitrogens with one attached hydrogen (secondary N) is 2. The fraction of sp³-hybridized carbons (Fsp3) is 0.208. The van der Waals surface area contributed by atoms with Crippen LogP contribution in [0.2, 0.25) is 0 Å². The summed E-state index contributed by atoms with van der Waals surface area (Å²) in [6.45, 7) is 1.96. The molecule has 1 heterocycles. The first kappa shape index (κ1) is 23.1. The highest BCUT2D eigenvalue weighted by atomic mass is 32.2. The van der Waals surface area contributed by atoms with Crippen LogP contribution >= 0.6 is 11.8 Å². The van der Waals surface area contributed by atoms with E-state index < -0.39 is 0 Å². The van der Waals surface area contributed by atoms with Crippen LogP contribution in [-0.4, -0.2) is 36.3 Å². The fourth-order valence-corrected chi connectivity index (χ4v) is 3.97. The van der Waals surface area contributed by atoms with Gasteiger partial charge < -0.3 is 20.1 Å². The number of carbonyl (C=O) groups excluding carboxylic acids is 2. The average Bonchev–Trinajstić information content (AvgIpc) is 2.82. The number of ether oxygens (including phenoxy) is 2. The van der Waals surface area contributed by atoms with Gasteiger partial charge in [-0.15, -0.1) is 11.8 Å². The molecule has 0 bridgehead atoms. The molecule has 2 amide bonds. The first-order valence-corrected chi connectivity index (χ1v) is 10.9. The van der Waals surface area contributed by atoms with Gasteiger partial charge in [0.1, 0.15) is 5.82 Å². The van der Waals surface area contributed by atoms with Gasteiger partial charge in [0.2, 0.25) is 5.91 Å². The van der Waals surface area contributed by atoms with Gasteiger partial charge >= 0.3 is 0 Å². The molecule has 0 fully saturated rings. The summed E-state index contributed by atoms with van der Waals surface area (Å²) in [4.78, 5) is 30.4. The molecule has 0 aliphatic heterocycles. The highest BCUT2D eigenvalue weighted by molar-refractivity contribution is 8.00. The number of thioether (sulfide) groups is 1. The van der Waals surface area contributed by atoms with Gasteiger partial charge in [-0.1, -0.05) is 19.1 Å². The number of pyridine rings is 1. The molecule has 3 aromatic rings. The Morgan fingerprint density at radius 3 is 2.47 bits per heavy atom. The van der Waals surface area contributed by atoms with Gasteiger partial charge in [-0.25, -0.2) is 4.98 Å². The zero-order valence-corrected chi connectivity index (χ0v) is 18.9. The molecule has 0 saturated heterocycles. The van der Waals surface area contributed by atoms with Crippen LogP contribution in [0.4, 0.5) is 11.5 Å². The van der Waals surface area contributed by atoms with E-state index in [4.69, 9.17) is 9.47 Å². The Labute approximate surface area is 191 Å². The van der Waals surface area contributed by atoms with Gasteiger partial charge in [0.05, 0.1) is 19.5 Å². The smallest absolute Gasteiger partial charge is 0.255 e. The number of rotatable bonds is 9. The zero-order valence-electron chi connectivity index (χ0n) is 18.1. The molecule has 0 radical (unpaired) electrons. The highest BCUT2D eigenvalue weighted by Gasteiger charge is 2.19. The standard InChI is InChI=1S/C24H25N3O4S/c1-4-21(24(29)27-22-10-5-6-13-25-22)32-18-9-7-8-17(15-18)26-23(28)16-11-12-19(30-2)20(14-16)31-3/h5-15,21H,4H2,1-3H3,(H,26,28)(H,25,27,29). The number of methoxy groups -OCH3 is 2. The van der Waals surface area contributed by atoms with Crippen molar-refractivity contribution in [3.05, 3.63) is 72.4 Å². The normalized spacial score (nSPS) is 11.3. The molecule has 2 N–H and O–H groups in total. The average molecular weight is 452 g/mol. The summed E-state index contributed by atoms with van der Waals surface area (Å²) in [6.07, 6.45) is 2.28. The Morgan fingerprint density at radius 1 is 0.969 bits per heavy atom. The highest BCUT2D eigenvalue weighted by Crippen LogP contribution is 2.30. The lowest BCUT2D eigenvalue weighted by Gasteiger charge is -2.15. The predicted molar refractivity (Wildman–Crippen MR) is 127 cm³/mol. The second kappa shape index (κ2) is 11.2. The third kappa shape index (κ3) is 6.01. The number of aromatic nitrogens is 1. The van der Waals surface area contributed by atoms with Crippen molar-refractivity contribution in [3.63, 3.8) is 0 Å². The van der Waals surface area contributed by atoms with Crippen molar-refractivity contribution in [2.24, 2.45) is 0 Å². The summed E-state index contributed by atoms with van der Waals surface area (Å²) in [5.41, 5.74) is 1.08. The van der Waals surface area contributed by atoms with Gasteiger partial charge in [0, 0.05) is 22.3 Å². The maximum Gasteiger partial charge on any atom is 0.255 e. The Hall–Kier alpha value is -3.52. The van der Waals surface area contributed by atoms with Gasteiger partial charge in [-0.2, -0.15) is 0 Å². The van der Waals surface area contributed by atoms with E-state index in [2.05, 4.69) is 15.6 Å². The Kier molecular flexibility index (Phi) is 8.10. The van der Waals surface area contributed by atoms with Crippen molar-refractivity contribution >= 4 is 35.1 Å². The minimum atomic E-state index is -0.297. The van der Waals surface area contributed by atoms with Gasteiger partial charge in [0.15, 0.2) is 11.5 Å². The second-order valence-electron chi connectivity index (χ2n) is 6.77. The summed E-state index contributed by atoms with van der Waals surface area (Å²) >= 11 is 1.44. The number of hydrogen-bond acceptors (Lipinski definition) is 6. The van der Waals surface area contributed by atoms with Crippen LogP contribution in [0, 0.1) is 0 Å². The molecule has 0 aliphatic carbocycles. The molecule has 1 aromatic heterocycles. The molecule has 2 aromatic carbocycles.